The van der Waals surface area contributed by atoms with Gasteiger partial charge in [-0.25, -0.2) is 9.97 Å². The molecule has 1 aliphatic rings. The summed E-state index contributed by atoms with van der Waals surface area (Å²) in [5, 5.41) is 33.5. The Hall–Kier alpha value is -1.74. The third kappa shape index (κ3) is 3.68. The van der Waals surface area contributed by atoms with Crippen molar-refractivity contribution in [2.24, 2.45) is 5.92 Å². The topological polar surface area (TPSA) is 113 Å². The molecule has 3 rings (SSSR count). The molecule has 0 amide bonds. The number of aliphatic hydroxyl groups excluding tert-OH is 3. The molecule has 4 N–H and O–H groups in total. The second kappa shape index (κ2) is 8.30. The standard InChI is InChI=1S/C18H28N4O4/c1-11(9-23)15(24)16(25)18(26-2)22-10-20-14-13(22)7-8-19-17(14)21-12-5-3-4-6-12/h7-8,10-12,15-16,18,23-25H,3-6,9H2,1-2H3,(H,19,21). The summed E-state index contributed by atoms with van der Waals surface area (Å²) < 4.78 is 7.13. The summed E-state index contributed by atoms with van der Waals surface area (Å²) in [5.74, 6) is 0.250. The Bertz CT molecular complexity index is 716. The van der Waals surface area contributed by atoms with Crippen molar-refractivity contribution in [3.8, 4) is 0 Å². The molecule has 0 bridgehead atoms. The van der Waals surface area contributed by atoms with E-state index in [2.05, 4.69) is 15.3 Å². The van der Waals surface area contributed by atoms with Gasteiger partial charge in [0.1, 0.15) is 11.6 Å². The van der Waals surface area contributed by atoms with Crippen molar-refractivity contribution in [2.75, 3.05) is 19.0 Å². The van der Waals surface area contributed by atoms with Crippen LogP contribution in [-0.2, 0) is 4.74 Å². The first-order valence-electron chi connectivity index (χ1n) is 9.14. The van der Waals surface area contributed by atoms with E-state index < -0.39 is 24.4 Å². The monoisotopic (exact) mass is 364 g/mol. The van der Waals surface area contributed by atoms with Gasteiger partial charge < -0.3 is 29.9 Å². The zero-order valence-electron chi connectivity index (χ0n) is 15.2. The number of imidazole rings is 1. The number of ether oxygens (including phenoxy) is 1. The molecule has 8 nitrogen and oxygen atoms in total. The zero-order chi connectivity index (χ0) is 18.7. The number of aliphatic hydroxyl groups is 3. The third-order valence-corrected chi connectivity index (χ3v) is 5.22. The number of pyridine rings is 1. The molecular weight excluding hydrogens is 336 g/mol. The average molecular weight is 364 g/mol. The molecule has 4 unspecified atom stereocenters. The minimum Gasteiger partial charge on any atom is -0.396 e. The van der Waals surface area contributed by atoms with Crippen LogP contribution >= 0.6 is 0 Å². The molecule has 8 heteroatoms. The summed E-state index contributed by atoms with van der Waals surface area (Å²) in [7, 11) is 1.47. The van der Waals surface area contributed by atoms with Gasteiger partial charge in [0.2, 0.25) is 0 Å². The van der Waals surface area contributed by atoms with Gasteiger partial charge in [-0.2, -0.15) is 0 Å². The predicted molar refractivity (Wildman–Crippen MR) is 97.7 cm³/mol. The fourth-order valence-electron chi connectivity index (χ4n) is 3.56. The maximum Gasteiger partial charge on any atom is 0.163 e. The van der Waals surface area contributed by atoms with Gasteiger partial charge in [-0.1, -0.05) is 19.8 Å². The van der Waals surface area contributed by atoms with Gasteiger partial charge in [0.25, 0.3) is 0 Å². The van der Waals surface area contributed by atoms with Gasteiger partial charge in [0, 0.05) is 31.9 Å². The Morgan fingerprint density at radius 3 is 2.65 bits per heavy atom. The number of hydrogen-bond acceptors (Lipinski definition) is 7. The zero-order valence-corrected chi connectivity index (χ0v) is 15.2. The molecular formula is C18H28N4O4. The van der Waals surface area contributed by atoms with Gasteiger partial charge in [-0.15, -0.1) is 0 Å². The van der Waals surface area contributed by atoms with E-state index in [1.54, 1.807) is 24.0 Å². The van der Waals surface area contributed by atoms with Gasteiger partial charge >= 0.3 is 0 Å². The summed E-state index contributed by atoms with van der Waals surface area (Å²) >= 11 is 0. The van der Waals surface area contributed by atoms with Crippen LogP contribution in [-0.4, -0.2) is 61.8 Å². The molecule has 0 spiro atoms. The SMILES string of the molecule is COC(C(O)C(O)C(C)CO)n1cnc2c(NC3CCCC3)nccc21. The van der Waals surface area contributed by atoms with Crippen LogP contribution in [0.4, 0.5) is 5.82 Å². The van der Waals surface area contributed by atoms with E-state index in [9.17, 15) is 15.3 Å². The third-order valence-electron chi connectivity index (χ3n) is 5.22. The number of nitrogens with one attached hydrogen (secondary N) is 1. The molecule has 1 aliphatic carbocycles. The molecule has 0 saturated heterocycles. The van der Waals surface area contributed by atoms with Crippen LogP contribution < -0.4 is 5.32 Å². The van der Waals surface area contributed by atoms with Crippen LogP contribution in [0, 0.1) is 5.92 Å². The van der Waals surface area contributed by atoms with E-state index in [1.807, 2.05) is 6.07 Å². The molecule has 1 saturated carbocycles. The van der Waals surface area contributed by atoms with Crippen LogP contribution in [0.5, 0.6) is 0 Å². The number of aromatic nitrogens is 3. The molecule has 1 fully saturated rings. The van der Waals surface area contributed by atoms with Crippen LogP contribution in [0.25, 0.3) is 11.0 Å². The molecule has 2 heterocycles. The minimum absolute atomic E-state index is 0.223. The van der Waals surface area contributed by atoms with Crippen LogP contribution in [0.15, 0.2) is 18.6 Å². The summed E-state index contributed by atoms with van der Waals surface area (Å²) in [4.78, 5) is 8.87. The van der Waals surface area contributed by atoms with Crippen molar-refractivity contribution < 1.29 is 20.1 Å². The summed E-state index contributed by atoms with van der Waals surface area (Å²) in [6.07, 6.45) is 4.82. The number of anilines is 1. The Balaban J connectivity index is 1.89. The summed E-state index contributed by atoms with van der Waals surface area (Å²) in [6, 6.07) is 2.22. The maximum atomic E-state index is 10.5. The number of methoxy groups -OCH3 is 1. The van der Waals surface area contributed by atoms with Crippen molar-refractivity contribution >= 4 is 16.9 Å². The summed E-state index contributed by atoms with van der Waals surface area (Å²) in [6.45, 7) is 1.44. The fraction of sp³-hybridized carbons (Fsp3) is 0.667. The Morgan fingerprint density at radius 2 is 2.00 bits per heavy atom. The number of rotatable bonds is 8. The van der Waals surface area contributed by atoms with Crippen molar-refractivity contribution in [3.63, 3.8) is 0 Å². The van der Waals surface area contributed by atoms with E-state index in [-0.39, 0.29) is 6.61 Å². The van der Waals surface area contributed by atoms with Gasteiger partial charge in [0.05, 0.1) is 17.9 Å². The highest BCUT2D eigenvalue weighted by Gasteiger charge is 2.32. The van der Waals surface area contributed by atoms with E-state index >= 15 is 0 Å². The smallest absolute Gasteiger partial charge is 0.163 e. The molecule has 4 atom stereocenters. The van der Waals surface area contributed by atoms with Gasteiger partial charge in [0.15, 0.2) is 12.0 Å². The first-order chi connectivity index (χ1) is 12.6. The lowest BCUT2D eigenvalue weighted by Gasteiger charge is -2.29. The van der Waals surface area contributed by atoms with Crippen LogP contribution in [0.2, 0.25) is 0 Å². The predicted octanol–water partition coefficient (Wildman–Crippen LogP) is 1.28. The number of nitrogens with zero attached hydrogens (tertiary/aromatic N) is 3. The van der Waals surface area contributed by atoms with Gasteiger partial charge in [-0.05, 0) is 18.9 Å². The molecule has 26 heavy (non-hydrogen) atoms. The first-order valence-corrected chi connectivity index (χ1v) is 9.14. The highest BCUT2D eigenvalue weighted by Crippen LogP contribution is 2.29. The summed E-state index contributed by atoms with van der Waals surface area (Å²) in [5.41, 5.74) is 1.47. The van der Waals surface area contributed by atoms with E-state index in [0.29, 0.717) is 11.6 Å². The molecule has 2 aromatic heterocycles. The van der Waals surface area contributed by atoms with Crippen molar-refractivity contribution in [3.05, 3.63) is 18.6 Å². The highest BCUT2D eigenvalue weighted by atomic mass is 16.5. The molecule has 0 aromatic carbocycles. The Morgan fingerprint density at radius 1 is 1.27 bits per heavy atom. The van der Waals surface area contributed by atoms with E-state index in [1.165, 1.54) is 20.0 Å². The Kier molecular flexibility index (Phi) is 6.08. The van der Waals surface area contributed by atoms with Crippen LogP contribution in [0.1, 0.15) is 38.8 Å². The minimum atomic E-state index is -1.21. The second-order valence-electron chi connectivity index (χ2n) is 7.07. The maximum absolute atomic E-state index is 10.5. The van der Waals surface area contributed by atoms with Gasteiger partial charge in [-0.3, -0.25) is 0 Å². The second-order valence-corrected chi connectivity index (χ2v) is 7.07. The van der Waals surface area contributed by atoms with E-state index in [4.69, 9.17) is 4.74 Å². The average Bonchev–Trinajstić information content (AvgIpc) is 3.32. The molecule has 144 valence electrons. The van der Waals surface area contributed by atoms with Crippen LogP contribution in [0.3, 0.4) is 0 Å². The normalized spacial score (nSPS) is 20.2. The largest absolute Gasteiger partial charge is 0.396 e. The first kappa shape index (κ1) is 19.0. The highest BCUT2D eigenvalue weighted by molar-refractivity contribution is 5.86. The number of hydrogen-bond donors (Lipinski definition) is 4. The molecule has 2 aromatic rings. The lowest BCUT2D eigenvalue weighted by molar-refractivity contribution is -0.125. The fourth-order valence-corrected chi connectivity index (χ4v) is 3.56. The number of fused-ring (bicyclic) bond motifs is 1. The van der Waals surface area contributed by atoms with E-state index in [0.717, 1.165) is 24.2 Å². The van der Waals surface area contributed by atoms with Crippen molar-refractivity contribution in [2.45, 2.75) is 57.1 Å². The van der Waals surface area contributed by atoms with Crippen molar-refractivity contribution in [1.29, 1.82) is 0 Å². The lowest BCUT2D eigenvalue weighted by Crippen LogP contribution is -2.40. The quantitative estimate of drug-likeness (QED) is 0.558. The van der Waals surface area contributed by atoms with Crippen molar-refractivity contribution in [1.82, 2.24) is 14.5 Å². The molecule has 0 aliphatic heterocycles. The lowest BCUT2D eigenvalue weighted by atomic mass is 9.99. The molecule has 0 radical (unpaired) electrons. The Labute approximate surface area is 152 Å².